The fraction of sp³-hybridized carbons (Fsp3) is 0.263. The molecule has 2 aromatic rings. The molecule has 0 fully saturated rings. The number of aromatic hydroxyl groups is 2. The molecule has 1 aliphatic rings. The van der Waals surface area contributed by atoms with E-state index in [9.17, 15) is 19.8 Å². The van der Waals surface area contributed by atoms with Crippen molar-refractivity contribution in [3.63, 3.8) is 0 Å². The Hall–Kier alpha value is -3.42. The highest BCUT2D eigenvalue weighted by atomic mass is 16.7. The van der Waals surface area contributed by atoms with E-state index in [2.05, 4.69) is 0 Å². The van der Waals surface area contributed by atoms with Gasteiger partial charge in [0, 0.05) is 36.6 Å². The maximum absolute atomic E-state index is 12.6. The third kappa shape index (κ3) is 2.99. The Labute approximate surface area is 154 Å². The first kappa shape index (κ1) is 18.4. The lowest BCUT2D eigenvalue weighted by molar-refractivity contribution is -0.127. The van der Waals surface area contributed by atoms with E-state index in [1.807, 2.05) is 0 Å². The van der Waals surface area contributed by atoms with Crippen molar-refractivity contribution >= 4 is 12.3 Å². The topological polar surface area (TPSA) is 112 Å². The summed E-state index contributed by atoms with van der Waals surface area (Å²) in [6.45, 7) is 3.14. The lowest BCUT2D eigenvalue weighted by atomic mass is 9.92. The van der Waals surface area contributed by atoms with Crippen LogP contribution < -0.4 is 14.2 Å². The van der Waals surface area contributed by atoms with Gasteiger partial charge in [-0.3, -0.25) is 4.79 Å². The van der Waals surface area contributed by atoms with E-state index < -0.39 is 23.3 Å². The second kappa shape index (κ2) is 6.39. The quantitative estimate of drug-likeness (QED) is 0.477. The largest absolute Gasteiger partial charge is 0.504 e. The van der Waals surface area contributed by atoms with E-state index in [0.29, 0.717) is 12.0 Å². The van der Waals surface area contributed by atoms with Crippen LogP contribution in [0.15, 0.2) is 18.2 Å². The van der Waals surface area contributed by atoms with Crippen molar-refractivity contribution in [2.45, 2.75) is 19.6 Å². The number of aldehydes is 1. The summed E-state index contributed by atoms with van der Waals surface area (Å²) in [5, 5.41) is 20.7. The van der Waals surface area contributed by atoms with Gasteiger partial charge in [-0.1, -0.05) is 0 Å². The van der Waals surface area contributed by atoms with Gasteiger partial charge in [0.2, 0.25) is 11.5 Å². The van der Waals surface area contributed by atoms with Gasteiger partial charge in [0.05, 0.1) is 14.2 Å². The molecule has 0 aliphatic carbocycles. The zero-order chi connectivity index (χ0) is 19.9. The van der Waals surface area contributed by atoms with Crippen molar-refractivity contribution in [2.24, 2.45) is 0 Å². The Morgan fingerprint density at radius 1 is 1.00 bits per heavy atom. The van der Waals surface area contributed by atoms with Gasteiger partial charge in [0.1, 0.15) is 17.1 Å². The Bertz CT molecular complexity index is 945. The Balaban J connectivity index is 2.38. The van der Waals surface area contributed by atoms with Gasteiger partial charge in [-0.05, 0) is 12.1 Å². The maximum atomic E-state index is 12.6. The van der Waals surface area contributed by atoms with Crippen molar-refractivity contribution in [3.8, 4) is 39.9 Å². The number of hydrogen-bond donors (Lipinski definition) is 2. The van der Waals surface area contributed by atoms with E-state index in [1.165, 1.54) is 32.4 Å². The Morgan fingerprint density at radius 3 is 2.30 bits per heavy atom. The number of ether oxygens (including phenoxy) is 4. The molecule has 0 radical (unpaired) electrons. The molecule has 0 spiro atoms. The molecule has 2 aromatic carbocycles. The number of carbonyl (C=O) groups excluding carboxylic acids is 2. The summed E-state index contributed by atoms with van der Waals surface area (Å²) < 4.78 is 21.2. The normalized spacial score (nSPS) is 14.6. The second-order valence-electron chi connectivity index (χ2n) is 6.30. The first-order valence-electron chi connectivity index (χ1n) is 7.95. The highest BCUT2D eigenvalue weighted by Crippen LogP contribution is 2.49. The zero-order valence-corrected chi connectivity index (χ0v) is 15.2. The number of benzene rings is 2. The number of cyclic esters (lactones) is 1. The van der Waals surface area contributed by atoms with Gasteiger partial charge in [-0.2, -0.15) is 0 Å². The molecule has 0 amide bonds. The highest BCUT2D eigenvalue weighted by molar-refractivity contribution is 6.05. The summed E-state index contributed by atoms with van der Waals surface area (Å²) in [5.41, 5.74) is 0.0365. The fourth-order valence-electron chi connectivity index (χ4n) is 2.94. The van der Waals surface area contributed by atoms with Crippen molar-refractivity contribution in [1.29, 1.82) is 0 Å². The molecule has 3 rings (SSSR count). The van der Waals surface area contributed by atoms with Crippen LogP contribution in [0.1, 0.15) is 34.6 Å². The third-order valence-electron chi connectivity index (χ3n) is 4.10. The van der Waals surface area contributed by atoms with Crippen LogP contribution in [0.2, 0.25) is 0 Å². The number of fused-ring (bicyclic) bond motifs is 1. The molecule has 142 valence electrons. The Kier molecular flexibility index (Phi) is 4.35. The van der Waals surface area contributed by atoms with E-state index in [-0.39, 0.29) is 33.8 Å². The first-order valence-corrected chi connectivity index (χ1v) is 7.95. The molecule has 27 heavy (non-hydrogen) atoms. The number of phenolic OH excluding ortho intramolecular Hbond substituents is 2. The molecule has 8 heteroatoms. The van der Waals surface area contributed by atoms with Crippen molar-refractivity contribution < 1.29 is 38.7 Å². The van der Waals surface area contributed by atoms with Crippen LogP contribution in [0.25, 0.3) is 11.1 Å². The predicted octanol–water partition coefficient (Wildman–Crippen LogP) is 2.88. The Morgan fingerprint density at radius 2 is 1.70 bits per heavy atom. The number of carbonyl (C=O) groups is 2. The van der Waals surface area contributed by atoms with Gasteiger partial charge in [0.15, 0.2) is 17.8 Å². The van der Waals surface area contributed by atoms with Crippen LogP contribution in [0, 0.1) is 0 Å². The first-order chi connectivity index (χ1) is 12.7. The second-order valence-corrected chi connectivity index (χ2v) is 6.30. The van der Waals surface area contributed by atoms with Crippen molar-refractivity contribution in [1.82, 2.24) is 0 Å². The SMILES string of the molecule is COc1cc2c(c(-c3c(C=O)cc(OC)c(O)c3O)c1)C(=O)OC(C)(C)O2. The van der Waals surface area contributed by atoms with E-state index in [0.717, 1.165) is 0 Å². The number of esters is 1. The van der Waals surface area contributed by atoms with Gasteiger partial charge in [0.25, 0.3) is 0 Å². The molecular weight excluding hydrogens is 356 g/mol. The zero-order valence-electron chi connectivity index (χ0n) is 15.2. The molecule has 1 aliphatic heterocycles. The summed E-state index contributed by atoms with van der Waals surface area (Å²) in [6.07, 6.45) is 0.474. The fourth-order valence-corrected chi connectivity index (χ4v) is 2.94. The van der Waals surface area contributed by atoms with Crippen LogP contribution in [0.3, 0.4) is 0 Å². The minimum atomic E-state index is -1.20. The molecule has 0 saturated heterocycles. The van der Waals surface area contributed by atoms with Gasteiger partial charge < -0.3 is 29.2 Å². The highest BCUT2D eigenvalue weighted by Gasteiger charge is 2.37. The molecule has 2 N–H and O–H groups in total. The van der Waals surface area contributed by atoms with Crippen LogP contribution in [0.4, 0.5) is 0 Å². The third-order valence-corrected chi connectivity index (χ3v) is 4.10. The van der Waals surface area contributed by atoms with Crippen LogP contribution in [-0.4, -0.2) is 42.5 Å². The minimum Gasteiger partial charge on any atom is -0.504 e. The van der Waals surface area contributed by atoms with E-state index >= 15 is 0 Å². The average Bonchev–Trinajstić information content (AvgIpc) is 2.61. The summed E-state index contributed by atoms with van der Waals surface area (Å²) in [7, 11) is 2.70. The lowest BCUT2D eigenvalue weighted by Gasteiger charge is -2.33. The molecule has 0 bridgehead atoms. The molecule has 0 aromatic heterocycles. The van der Waals surface area contributed by atoms with Crippen molar-refractivity contribution in [2.75, 3.05) is 14.2 Å². The van der Waals surface area contributed by atoms with Crippen LogP contribution in [0.5, 0.6) is 28.7 Å². The monoisotopic (exact) mass is 374 g/mol. The van der Waals surface area contributed by atoms with Crippen LogP contribution in [-0.2, 0) is 4.74 Å². The molecule has 1 heterocycles. The summed E-state index contributed by atoms with van der Waals surface area (Å²) in [4.78, 5) is 24.2. The van der Waals surface area contributed by atoms with E-state index in [1.54, 1.807) is 13.8 Å². The molecule has 0 unspecified atom stereocenters. The number of phenols is 2. The molecular formula is C19H18O8. The number of methoxy groups -OCH3 is 2. The summed E-state index contributed by atoms with van der Waals surface area (Å²) in [5.74, 6) is -2.70. The van der Waals surface area contributed by atoms with Gasteiger partial charge >= 0.3 is 5.97 Å². The summed E-state index contributed by atoms with van der Waals surface area (Å²) >= 11 is 0. The van der Waals surface area contributed by atoms with Crippen molar-refractivity contribution in [3.05, 3.63) is 29.3 Å². The minimum absolute atomic E-state index is 0.00177. The summed E-state index contributed by atoms with van der Waals surface area (Å²) in [6, 6.07) is 4.19. The number of hydrogen-bond acceptors (Lipinski definition) is 8. The van der Waals surface area contributed by atoms with E-state index in [4.69, 9.17) is 18.9 Å². The number of rotatable bonds is 4. The standard InChI is InChI=1S/C19H18O8/c1-19(2)26-12-7-10(24-3)6-11(15(12)18(23)27-19)14-9(8-20)5-13(25-4)16(21)17(14)22/h5-8,21-22H,1-4H3. The lowest BCUT2D eigenvalue weighted by Crippen LogP contribution is -2.39. The van der Waals surface area contributed by atoms with Gasteiger partial charge in [-0.25, -0.2) is 4.79 Å². The molecule has 0 atom stereocenters. The molecule has 8 nitrogen and oxygen atoms in total. The smallest absolute Gasteiger partial charge is 0.345 e. The van der Waals surface area contributed by atoms with Crippen LogP contribution >= 0.6 is 0 Å². The maximum Gasteiger partial charge on any atom is 0.345 e. The molecule has 0 saturated carbocycles. The average molecular weight is 374 g/mol. The van der Waals surface area contributed by atoms with Gasteiger partial charge in [-0.15, -0.1) is 0 Å². The predicted molar refractivity (Wildman–Crippen MR) is 93.8 cm³/mol.